The van der Waals surface area contributed by atoms with Gasteiger partial charge in [-0.3, -0.25) is 9.29 Å². The summed E-state index contributed by atoms with van der Waals surface area (Å²) in [4.78, 5) is 8.23. The summed E-state index contributed by atoms with van der Waals surface area (Å²) in [6.45, 7) is 4.94. The van der Waals surface area contributed by atoms with E-state index in [1.165, 1.54) is 19.5 Å². The molecule has 4 rings (SSSR count). The van der Waals surface area contributed by atoms with Crippen molar-refractivity contribution in [3.8, 4) is 0 Å². The molecule has 170 valence electrons. The second-order valence-corrected chi connectivity index (χ2v) is 10.9. The molecule has 1 aliphatic carbocycles. The van der Waals surface area contributed by atoms with Crippen molar-refractivity contribution in [1.82, 2.24) is 24.7 Å². The van der Waals surface area contributed by atoms with E-state index < -0.39 is 21.4 Å². The SMILES string of the molecule is CO[C@H](c1ncc(Cl)cn1)[C@H](C)S(=O)(=O)Nc1nnc([C@@H]2CCCOC2)n1C1(C)CC1. The van der Waals surface area contributed by atoms with E-state index in [0.717, 1.165) is 38.1 Å². The lowest BCUT2D eigenvalue weighted by atomic mass is 10.0. The zero-order valence-electron chi connectivity index (χ0n) is 17.8. The van der Waals surface area contributed by atoms with Gasteiger partial charge in [0.15, 0.2) is 5.82 Å². The number of nitrogens with one attached hydrogen (secondary N) is 1. The normalized spacial score (nSPS) is 22.6. The van der Waals surface area contributed by atoms with Gasteiger partial charge in [-0.15, -0.1) is 10.2 Å². The maximum atomic E-state index is 13.2. The monoisotopic (exact) mass is 470 g/mol. The van der Waals surface area contributed by atoms with Crippen molar-refractivity contribution in [3.05, 3.63) is 29.1 Å². The highest BCUT2D eigenvalue weighted by Crippen LogP contribution is 2.47. The van der Waals surface area contributed by atoms with Crippen LogP contribution in [0.2, 0.25) is 5.02 Å². The van der Waals surface area contributed by atoms with E-state index in [0.29, 0.717) is 11.6 Å². The number of anilines is 1. The molecule has 31 heavy (non-hydrogen) atoms. The van der Waals surface area contributed by atoms with Gasteiger partial charge in [0.2, 0.25) is 16.0 Å². The number of methoxy groups -OCH3 is 1. The molecular formula is C19H27ClN6O4S. The molecule has 1 saturated carbocycles. The first-order chi connectivity index (χ1) is 14.7. The van der Waals surface area contributed by atoms with Gasteiger partial charge < -0.3 is 9.47 Å². The smallest absolute Gasteiger partial charge is 0.240 e. The van der Waals surface area contributed by atoms with Gasteiger partial charge in [-0.1, -0.05) is 11.6 Å². The molecule has 0 amide bonds. The Hall–Kier alpha value is -1.82. The van der Waals surface area contributed by atoms with Gasteiger partial charge in [0.05, 0.1) is 11.6 Å². The molecular weight excluding hydrogens is 444 g/mol. The molecule has 2 aromatic rings. The van der Waals surface area contributed by atoms with Crippen LogP contribution in [0.3, 0.4) is 0 Å². The molecule has 1 N–H and O–H groups in total. The van der Waals surface area contributed by atoms with E-state index in [9.17, 15) is 8.42 Å². The molecule has 2 aromatic heterocycles. The van der Waals surface area contributed by atoms with Gasteiger partial charge in [-0.2, -0.15) is 0 Å². The van der Waals surface area contributed by atoms with Crippen LogP contribution < -0.4 is 4.72 Å². The van der Waals surface area contributed by atoms with Crippen molar-refractivity contribution in [2.75, 3.05) is 25.0 Å². The maximum Gasteiger partial charge on any atom is 0.240 e. The minimum atomic E-state index is -3.90. The average molecular weight is 471 g/mol. The largest absolute Gasteiger partial charge is 0.381 e. The Labute approximate surface area is 186 Å². The van der Waals surface area contributed by atoms with Crippen molar-refractivity contribution in [3.63, 3.8) is 0 Å². The second-order valence-electron chi connectivity index (χ2n) is 8.40. The van der Waals surface area contributed by atoms with Gasteiger partial charge in [0.1, 0.15) is 17.2 Å². The highest BCUT2D eigenvalue weighted by atomic mass is 35.5. The van der Waals surface area contributed by atoms with Crippen molar-refractivity contribution >= 4 is 27.6 Å². The zero-order chi connectivity index (χ0) is 22.2. The van der Waals surface area contributed by atoms with E-state index in [1.54, 1.807) is 6.92 Å². The lowest BCUT2D eigenvalue weighted by Crippen LogP contribution is -2.34. The maximum absolute atomic E-state index is 13.2. The third-order valence-electron chi connectivity index (χ3n) is 6.03. The van der Waals surface area contributed by atoms with Gasteiger partial charge in [-0.25, -0.2) is 18.4 Å². The number of rotatable bonds is 8. The molecule has 12 heteroatoms. The van der Waals surface area contributed by atoms with Crippen LogP contribution in [-0.4, -0.2) is 58.7 Å². The molecule has 2 aliphatic rings. The van der Waals surface area contributed by atoms with Crippen LogP contribution in [0.25, 0.3) is 0 Å². The first-order valence-electron chi connectivity index (χ1n) is 10.3. The lowest BCUT2D eigenvalue weighted by Gasteiger charge is -2.26. The van der Waals surface area contributed by atoms with Crippen LogP contribution in [0.4, 0.5) is 5.95 Å². The summed E-state index contributed by atoms with van der Waals surface area (Å²) in [5, 5.41) is 7.94. The Kier molecular flexibility index (Phi) is 6.21. The number of ether oxygens (including phenoxy) is 2. The minimum Gasteiger partial charge on any atom is -0.381 e. The summed E-state index contributed by atoms with van der Waals surface area (Å²) < 4.78 is 42.1. The molecule has 1 aliphatic heterocycles. The fraction of sp³-hybridized carbons (Fsp3) is 0.684. The molecule has 0 aromatic carbocycles. The predicted octanol–water partition coefficient (Wildman–Crippen LogP) is 2.64. The van der Waals surface area contributed by atoms with Crippen LogP contribution in [-0.2, 0) is 25.0 Å². The summed E-state index contributed by atoms with van der Waals surface area (Å²) in [5.41, 5.74) is -0.197. The van der Waals surface area contributed by atoms with Crippen LogP contribution in [0.1, 0.15) is 63.2 Å². The van der Waals surface area contributed by atoms with Crippen molar-refractivity contribution in [2.24, 2.45) is 0 Å². The summed E-state index contributed by atoms with van der Waals surface area (Å²) in [6.07, 6.45) is 5.70. The minimum absolute atomic E-state index is 0.101. The molecule has 0 bridgehead atoms. The molecule has 0 unspecified atom stereocenters. The van der Waals surface area contributed by atoms with Crippen molar-refractivity contribution < 1.29 is 17.9 Å². The highest BCUT2D eigenvalue weighted by Gasteiger charge is 2.45. The van der Waals surface area contributed by atoms with E-state index in [4.69, 9.17) is 21.1 Å². The second kappa shape index (κ2) is 8.61. The van der Waals surface area contributed by atoms with Gasteiger partial charge in [0.25, 0.3) is 0 Å². The lowest BCUT2D eigenvalue weighted by molar-refractivity contribution is 0.0764. The summed E-state index contributed by atoms with van der Waals surface area (Å²) in [6, 6.07) is 0. The molecule has 1 saturated heterocycles. The number of nitrogens with zero attached hydrogens (tertiary/aromatic N) is 5. The topological polar surface area (TPSA) is 121 Å². The van der Waals surface area contributed by atoms with Gasteiger partial charge >= 0.3 is 0 Å². The van der Waals surface area contributed by atoms with Crippen LogP contribution in [0.5, 0.6) is 0 Å². The van der Waals surface area contributed by atoms with Crippen molar-refractivity contribution in [2.45, 2.75) is 62.3 Å². The Morgan fingerprint density at radius 3 is 2.61 bits per heavy atom. The Morgan fingerprint density at radius 1 is 1.32 bits per heavy atom. The van der Waals surface area contributed by atoms with E-state index in [2.05, 4.69) is 31.8 Å². The molecule has 0 radical (unpaired) electrons. The fourth-order valence-corrected chi connectivity index (χ4v) is 5.10. The third-order valence-corrected chi connectivity index (χ3v) is 7.91. The summed E-state index contributed by atoms with van der Waals surface area (Å²) >= 11 is 5.85. The fourth-order valence-electron chi connectivity index (χ4n) is 3.87. The Balaban J connectivity index is 1.61. The van der Waals surface area contributed by atoms with Crippen LogP contribution in [0.15, 0.2) is 12.4 Å². The number of halogens is 1. The van der Waals surface area contributed by atoms with Crippen LogP contribution >= 0.6 is 11.6 Å². The average Bonchev–Trinajstić information content (AvgIpc) is 3.36. The Bertz CT molecular complexity index is 1020. The molecule has 2 fully saturated rings. The zero-order valence-corrected chi connectivity index (χ0v) is 19.4. The van der Waals surface area contributed by atoms with E-state index >= 15 is 0 Å². The van der Waals surface area contributed by atoms with Crippen molar-refractivity contribution in [1.29, 1.82) is 0 Å². The quantitative estimate of drug-likeness (QED) is 0.624. The number of sulfonamides is 1. The Morgan fingerprint density at radius 2 is 2.03 bits per heavy atom. The van der Waals surface area contributed by atoms with Gasteiger partial charge in [0, 0.05) is 37.6 Å². The number of aromatic nitrogens is 5. The molecule has 10 nitrogen and oxygen atoms in total. The third kappa shape index (κ3) is 4.55. The molecule has 0 spiro atoms. The predicted molar refractivity (Wildman–Crippen MR) is 114 cm³/mol. The van der Waals surface area contributed by atoms with E-state index in [1.807, 2.05) is 4.57 Å². The molecule has 3 atom stereocenters. The van der Waals surface area contributed by atoms with Crippen LogP contribution in [0, 0.1) is 0 Å². The van der Waals surface area contributed by atoms with E-state index in [-0.39, 0.29) is 23.2 Å². The summed E-state index contributed by atoms with van der Waals surface area (Å²) in [5.74, 6) is 1.33. The first kappa shape index (κ1) is 22.4. The standard InChI is InChI=1S/C19H27ClN6O4S/c1-12(15(29-3)16-21-9-14(20)10-22-16)31(27,28)25-18-24-23-17(13-5-4-8-30-11-13)26(18)19(2)6-7-19/h9-10,12-13,15H,4-8,11H2,1-3H3,(H,24,25)/t12-,13+,15-/m0/s1. The first-order valence-corrected chi connectivity index (χ1v) is 12.2. The number of hydrogen-bond donors (Lipinski definition) is 1. The van der Waals surface area contributed by atoms with Gasteiger partial charge in [-0.05, 0) is 39.5 Å². The summed E-state index contributed by atoms with van der Waals surface area (Å²) in [7, 11) is -2.48. The number of hydrogen-bond acceptors (Lipinski definition) is 8. The molecule has 3 heterocycles. The highest BCUT2D eigenvalue weighted by molar-refractivity contribution is 7.93.